The van der Waals surface area contributed by atoms with Crippen LogP contribution in [0.3, 0.4) is 0 Å². The molecule has 0 spiro atoms. The van der Waals surface area contributed by atoms with Crippen molar-refractivity contribution >= 4 is 16.8 Å². The summed E-state index contributed by atoms with van der Waals surface area (Å²) in [5, 5.41) is 0.789. The number of aromatic nitrogens is 1. The smallest absolute Gasteiger partial charge is 0.227 e. The highest BCUT2D eigenvalue weighted by atomic mass is 19.1. The molecule has 0 saturated heterocycles. The first-order chi connectivity index (χ1) is 11.6. The number of aryl methyl sites for hydroxylation is 1. The lowest BCUT2D eigenvalue weighted by Gasteiger charge is -2.21. The van der Waals surface area contributed by atoms with E-state index in [0.717, 1.165) is 27.7 Å². The summed E-state index contributed by atoms with van der Waals surface area (Å²) in [6, 6.07) is 14.6. The highest BCUT2D eigenvalue weighted by molar-refractivity contribution is 5.90. The first kappa shape index (κ1) is 16.2. The van der Waals surface area contributed by atoms with Crippen LogP contribution < -0.4 is 0 Å². The normalized spacial score (nSPS) is 11.0. The van der Waals surface area contributed by atoms with Gasteiger partial charge in [0.15, 0.2) is 0 Å². The summed E-state index contributed by atoms with van der Waals surface area (Å²) < 4.78 is 13.6. The first-order valence-corrected chi connectivity index (χ1v) is 8.17. The van der Waals surface area contributed by atoms with Crippen LogP contribution >= 0.6 is 0 Å². The largest absolute Gasteiger partial charge is 0.358 e. The highest BCUT2D eigenvalue weighted by Gasteiger charge is 2.17. The molecule has 24 heavy (non-hydrogen) atoms. The van der Waals surface area contributed by atoms with Gasteiger partial charge in [-0.1, -0.05) is 30.3 Å². The third-order valence-corrected chi connectivity index (χ3v) is 4.36. The standard InChI is InChI=1S/C20H21FN2O/c1-3-23(13-15-7-5-4-6-8-15)20(24)12-17-14(2)22-19-10-9-16(21)11-18(17)19/h4-11,22H,3,12-13H2,1-2H3. The van der Waals surface area contributed by atoms with Crippen LogP contribution in [-0.4, -0.2) is 22.3 Å². The average Bonchev–Trinajstić information content (AvgIpc) is 2.89. The van der Waals surface area contributed by atoms with Crippen molar-refractivity contribution in [1.29, 1.82) is 0 Å². The van der Waals surface area contributed by atoms with Crippen molar-refractivity contribution in [2.24, 2.45) is 0 Å². The van der Waals surface area contributed by atoms with Crippen molar-refractivity contribution in [2.75, 3.05) is 6.54 Å². The maximum Gasteiger partial charge on any atom is 0.227 e. The van der Waals surface area contributed by atoms with Gasteiger partial charge in [0, 0.05) is 29.7 Å². The Morgan fingerprint density at radius 3 is 2.62 bits per heavy atom. The fraction of sp³-hybridized carbons (Fsp3) is 0.250. The lowest BCUT2D eigenvalue weighted by Crippen LogP contribution is -2.31. The molecule has 0 aliphatic heterocycles. The number of fused-ring (bicyclic) bond motifs is 1. The molecular formula is C20H21FN2O. The Bertz CT molecular complexity index is 855. The summed E-state index contributed by atoms with van der Waals surface area (Å²) in [5.74, 6) is -0.235. The fourth-order valence-corrected chi connectivity index (χ4v) is 3.03. The lowest BCUT2D eigenvalue weighted by atomic mass is 10.1. The summed E-state index contributed by atoms with van der Waals surface area (Å²) in [7, 11) is 0. The minimum Gasteiger partial charge on any atom is -0.358 e. The topological polar surface area (TPSA) is 36.1 Å². The first-order valence-electron chi connectivity index (χ1n) is 8.17. The van der Waals surface area contributed by atoms with Crippen molar-refractivity contribution in [2.45, 2.75) is 26.8 Å². The molecule has 3 nitrogen and oxygen atoms in total. The van der Waals surface area contributed by atoms with Gasteiger partial charge in [-0.05, 0) is 43.2 Å². The number of H-pyrrole nitrogens is 1. The molecule has 0 unspecified atom stereocenters. The predicted molar refractivity (Wildman–Crippen MR) is 94.2 cm³/mol. The minimum absolute atomic E-state index is 0.0506. The second kappa shape index (κ2) is 6.87. The number of carbonyl (C=O) groups excluding carboxylic acids is 1. The monoisotopic (exact) mass is 324 g/mol. The molecule has 2 aromatic carbocycles. The molecule has 1 amide bonds. The molecule has 3 rings (SSSR count). The quantitative estimate of drug-likeness (QED) is 0.750. The number of carbonyl (C=O) groups is 1. The van der Waals surface area contributed by atoms with E-state index < -0.39 is 0 Å². The molecular weight excluding hydrogens is 303 g/mol. The fourth-order valence-electron chi connectivity index (χ4n) is 3.03. The highest BCUT2D eigenvalue weighted by Crippen LogP contribution is 2.24. The number of benzene rings is 2. The van der Waals surface area contributed by atoms with Gasteiger partial charge in [0.05, 0.1) is 6.42 Å². The molecule has 0 saturated carbocycles. The van der Waals surface area contributed by atoms with Gasteiger partial charge >= 0.3 is 0 Å². The summed E-state index contributed by atoms with van der Waals surface area (Å²) in [5.41, 5.74) is 3.76. The van der Waals surface area contributed by atoms with Crippen molar-refractivity contribution in [1.82, 2.24) is 9.88 Å². The van der Waals surface area contributed by atoms with Crippen LogP contribution in [0.5, 0.6) is 0 Å². The van der Waals surface area contributed by atoms with E-state index in [4.69, 9.17) is 0 Å². The van der Waals surface area contributed by atoms with E-state index in [2.05, 4.69) is 4.98 Å². The van der Waals surface area contributed by atoms with Crippen molar-refractivity contribution in [3.63, 3.8) is 0 Å². The summed E-state index contributed by atoms with van der Waals surface area (Å²) in [6.07, 6.45) is 0.274. The molecule has 3 aromatic rings. The third kappa shape index (κ3) is 3.32. The van der Waals surface area contributed by atoms with E-state index in [9.17, 15) is 9.18 Å². The van der Waals surface area contributed by atoms with E-state index in [1.54, 1.807) is 6.07 Å². The van der Waals surface area contributed by atoms with Gasteiger partial charge in [0.1, 0.15) is 5.82 Å². The van der Waals surface area contributed by atoms with Crippen LogP contribution in [0, 0.1) is 12.7 Å². The molecule has 0 bridgehead atoms. The molecule has 4 heteroatoms. The number of hydrogen-bond acceptors (Lipinski definition) is 1. The Morgan fingerprint density at radius 2 is 1.92 bits per heavy atom. The third-order valence-electron chi connectivity index (χ3n) is 4.36. The number of amides is 1. The van der Waals surface area contributed by atoms with Gasteiger partial charge in [-0.3, -0.25) is 4.79 Å². The van der Waals surface area contributed by atoms with Gasteiger partial charge in [0.25, 0.3) is 0 Å². The van der Waals surface area contributed by atoms with Gasteiger partial charge in [-0.2, -0.15) is 0 Å². The summed E-state index contributed by atoms with van der Waals surface area (Å²) >= 11 is 0. The molecule has 124 valence electrons. The molecule has 1 N–H and O–H groups in total. The maximum atomic E-state index is 13.6. The predicted octanol–water partition coefficient (Wildman–Crippen LogP) is 4.21. The lowest BCUT2D eigenvalue weighted by molar-refractivity contribution is -0.130. The number of halogens is 1. The van der Waals surface area contributed by atoms with Gasteiger partial charge in [-0.15, -0.1) is 0 Å². The molecule has 1 heterocycles. The Morgan fingerprint density at radius 1 is 1.17 bits per heavy atom. The molecule has 0 aliphatic rings. The Hall–Kier alpha value is -2.62. The van der Waals surface area contributed by atoms with Crippen LogP contribution in [0.25, 0.3) is 10.9 Å². The molecule has 0 radical (unpaired) electrons. The number of rotatable bonds is 5. The number of likely N-dealkylation sites (N-methyl/N-ethyl adjacent to an activating group) is 1. The summed E-state index contributed by atoms with van der Waals surface area (Å²) in [6.45, 7) is 5.13. The zero-order valence-electron chi connectivity index (χ0n) is 14.0. The van der Waals surface area contributed by atoms with Crippen LogP contribution in [0.1, 0.15) is 23.7 Å². The maximum absolute atomic E-state index is 13.6. The van der Waals surface area contributed by atoms with Gasteiger partial charge in [0.2, 0.25) is 5.91 Å². The minimum atomic E-state index is -0.285. The molecule has 0 fully saturated rings. The van der Waals surface area contributed by atoms with Crippen LogP contribution in [0.15, 0.2) is 48.5 Å². The number of nitrogens with zero attached hydrogens (tertiary/aromatic N) is 1. The second-order valence-electron chi connectivity index (χ2n) is 5.99. The van der Waals surface area contributed by atoms with Crippen molar-refractivity contribution in [3.05, 3.63) is 71.2 Å². The number of hydrogen-bond donors (Lipinski definition) is 1. The zero-order chi connectivity index (χ0) is 17.1. The second-order valence-corrected chi connectivity index (χ2v) is 5.99. The van der Waals surface area contributed by atoms with E-state index in [1.807, 2.05) is 49.1 Å². The Balaban J connectivity index is 1.83. The molecule has 0 atom stereocenters. The van der Waals surface area contributed by atoms with Crippen LogP contribution in [-0.2, 0) is 17.8 Å². The van der Waals surface area contributed by atoms with E-state index in [-0.39, 0.29) is 18.1 Å². The zero-order valence-corrected chi connectivity index (χ0v) is 14.0. The summed E-state index contributed by atoms with van der Waals surface area (Å²) in [4.78, 5) is 17.8. The van der Waals surface area contributed by atoms with E-state index in [1.165, 1.54) is 12.1 Å². The van der Waals surface area contributed by atoms with Crippen LogP contribution in [0.2, 0.25) is 0 Å². The van der Waals surface area contributed by atoms with Crippen molar-refractivity contribution < 1.29 is 9.18 Å². The van der Waals surface area contributed by atoms with Gasteiger partial charge in [-0.25, -0.2) is 4.39 Å². The van der Waals surface area contributed by atoms with E-state index >= 15 is 0 Å². The van der Waals surface area contributed by atoms with Crippen molar-refractivity contribution in [3.8, 4) is 0 Å². The van der Waals surface area contributed by atoms with Crippen LogP contribution in [0.4, 0.5) is 4.39 Å². The average molecular weight is 324 g/mol. The van der Waals surface area contributed by atoms with E-state index in [0.29, 0.717) is 13.1 Å². The van der Waals surface area contributed by atoms with Gasteiger partial charge < -0.3 is 9.88 Å². The SMILES string of the molecule is CCN(Cc1ccccc1)C(=O)Cc1c(C)[nH]c2ccc(F)cc12. The Kier molecular flexibility index (Phi) is 4.65. The number of aromatic amines is 1. The molecule has 1 aromatic heterocycles. The molecule has 0 aliphatic carbocycles. The Labute approximate surface area is 141 Å². The number of nitrogens with one attached hydrogen (secondary N) is 1.